The number of anilines is 3. The highest BCUT2D eigenvalue weighted by atomic mass is 19.4. The molecule has 1 saturated heterocycles. The molecule has 9 heteroatoms. The van der Waals surface area contributed by atoms with Crippen LogP contribution in [-0.4, -0.2) is 35.7 Å². The Balaban J connectivity index is 1.73. The molecule has 0 aromatic heterocycles. The lowest BCUT2D eigenvalue weighted by Crippen LogP contribution is -2.51. The summed E-state index contributed by atoms with van der Waals surface area (Å²) in [5.41, 5.74) is -0.806. The Morgan fingerprint density at radius 1 is 1.13 bits per heavy atom. The number of benzene rings is 2. The number of carboxylic acids is 1. The van der Waals surface area contributed by atoms with E-state index in [0.29, 0.717) is 18.8 Å². The molecule has 1 amide bonds. The van der Waals surface area contributed by atoms with Crippen molar-refractivity contribution in [1.82, 2.24) is 0 Å². The third-order valence-corrected chi connectivity index (χ3v) is 5.30. The summed E-state index contributed by atoms with van der Waals surface area (Å²) in [6.45, 7) is 3.71. The van der Waals surface area contributed by atoms with Gasteiger partial charge in [0.2, 0.25) is 0 Å². The zero-order valence-electron chi connectivity index (χ0n) is 16.2. The average Bonchev–Trinajstić information content (AvgIpc) is 2.60. The maximum absolute atomic E-state index is 13.1. The molecule has 0 spiro atoms. The van der Waals surface area contributed by atoms with E-state index in [1.807, 2.05) is 4.90 Å². The van der Waals surface area contributed by atoms with Crippen molar-refractivity contribution in [3.8, 4) is 5.75 Å². The van der Waals surface area contributed by atoms with Crippen LogP contribution in [0.2, 0.25) is 0 Å². The molecule has 2 heterocycles. The molecule has 0 aliphatic carbocycles. The Morgan fingerprint density at radius 2 is 1.80 bits per heavy atom. The first kappa shape index (κ1) is 20.1. The predicted molar refractivity (Wildman–Crippen MR) is 103 cm³/mol. The van der Waals surface area contributed by atoms with Gasteiger partial charge in [0, 0.05) is 18.8 Å². The molecule has 2 aliphatic heterocycles. The van der Waals surface area contributed by atoms with E-state index in [1.165, 1.54) is 24.8 Å². The van der Waals surface area contributed by atoms with Crippen molar-refractivity contribution in [3.05, 3.63) is 48.0 Å². The lowest BCUT2D eigenvalue weighted by atomic mass is 9.98. The molecule has 4 rings (SSSR count). The molecule has 158 valence electrons. The Labute approximate surface area is 170 Å². The van der Waals surface area contributed by atoms with Gasteiger partial charge in [-0.25, -0.2) is 0 Å². The van der Waals surface area contributed by atoms with Gasteiger partial charge in [0.15, 0.2) is 5.60 Å². The lowest BCUT2D eigenvalue weighted by Gasteiger charge is -2.41. The summed E-state index contributed by atoms with van der Waals surface area (Å²) >= 11 is 0. The molecule has 6 nitrogen and oxygen atoms in total. The van der Waals surface area contributed by atoms with E-state index in [9.17, 15) is 22.8 Å². The van der Waals surface area contributed by atoms with E-state index < -0.39 is 35.1 Å². The second kappa shape index (κ2) is 6.65. The standard InChI is InChI=1S/C21H19F3N2O4/c1-20(2)19(29)26(16-7-6-13(21(22,23)24)8-17(16)30-20)15-5-3-4-14(9-15)25-10-12(11-25)18(27)28/h3-9,12H,10-11H2,1-2H3,(H,27,28). The number of fused-ring (bicyclic) bond motifs is 1. The molecule has 0 bridgehead atoms. The number of hydrogen-bond acceptors (Lipinski definition) is 4. The minimum atomic E-state index is -4.53. The van der Waals surface area contributed by atoms with Gasteiger partial charge in [-0.05, 0) is 50.2 Å². The van der Waals surface area contributed by atoms with Crippen LogP contribution in [0.3, 0.4) is 0 Å². The highest BCUT2D eigenvalue weighted by Crippen LogP contribution is 2.45. The fraction of sp³-hybridized carbons (Fsp3) is 0.333. The van der Waals surface area contributed by atoms with Gasteiger partial charge in [-0.2, -0.15) is 13.2 Å². The van der Waals surface area contributed by atoms with Gasteiger partial charge in [0.25, 0.3) is 5.91 Å². The molecular formula is C21H19F3N2O4. The first-order chi connectivity index (χ1) is 14.0. The van der Waals surface area contributed by atoms with Crippen molar-refractivity contribution in [3.63, 3.8) is 0 Å². The number of carbonyl (C=O) groups excluding carboxylic acids is 1. The van der Waals surface area contributed by atoms with Crippen LogP contribution in [0.4, 0.5) is 30.2 Å². The molecule has 30 heavy (non-hydrogen) atoms. The number of alkyl halides is 3. The number of ether oxygens (including phenoxy) is 1. The van der Waals surface area contributed by atoms with Crippen molar-refractivity contribution in [2.24, 2.45) is 5.92 Å². The highest BCUT2D eigenvalue weighted by Gasteiger charge is 2.43. The SMILES string of the molecule is CC1(C)Oc2cc(C(F)(F)F)ccc2N(c2cccc(N3CC(C(=O)O)C3)c2)C1=O. The summed E-state index contributed by atoms with van der Waals surface area (Å²) in [5, 5.41) is 9.06. The minimum Gasteiger partial charge on any atom is -0.481 e. The van der Waals surface area contributed by atoms with Crippen LogP contribution < -0.4 is 14.5 Å². The minimum absolute atomic E-state index is 0.0327. The van der Waals surface area contributed by atoms with Crippen LogP contribution in [0.5, 0.6) is 5.75 Å². The first-order valence-corrected chi connectivity index (χ1v) is 9.30. The van der Waals surface area contributed by atoms with Crippen LogP contribution >= 0.6 is 0 Å². The van der Waals surface area contributed by atoms with Crippen LogP contribution in [0.25, 0.3) is 0 Å². The van der Waals surface area contributed by atoms with Crippen molar-refractivity contribution in [2.45, 2.75) is 25.6 Å². The predicted octanol–water partition coefficient (Wildman–Crippen LogP) is 4.06. The molecule has 1 fully saturated rings. The molecule has 0 radical (unpaired) electrons. The van der Waals surface area contributed by atoms with Crippen LogP contribution in [0.15, 0.2) is 42.5 Å². The third-order valence-electron chi connectivity index (χ3n) is 5.30. The first-order valence-electron chi connectivity index (χ1n) is 9.30. The largest absolute Gasteiger partial charge is 0.481 e. The summed E-state index contributed by atoms with van der Waals surface area (Å²) in [4.78, 5) is 27.3. The smallest absolute Gasteiger partial charge is 0.416 e. The van der Waals surface area contributed by atoms with Gasteiger partial charge in [-0.3, -0.25) is 14.5 Å². The van der Waals surface area contributed by atoms with Gasteiger partial charge < -0.3 is 14.7 Å². The molecule has 2 aliphatic rings. The molecule has 2 aromatic carbocycles. The van der Waals surface area contributed by atoms with Gasteiger partial charge >= 0.3 is 12.1 Å². The van der Waals surface area contributed by atoms with E-state index in [2.05, 4.69) is 0 Å². The fourth-order valence-electron chi connectivity index (χ4n) is 3.58. The van der Waals surface area contributed by atoms with Crippen LogP contribution in [-0.2, 0) is 15.8 Å². The number of carbonyl (C=O) groups is 2. The quantitative estimate of drug-likeness (QED) is 0.811. The molecule has 1 N–H and O–H groups in total. The van der Waals surface area contributed by atoms with Crippen LogP contribution in [0, 0.1) is 5.92 Å². The van der Waals surface area contributed by atoms with Gasteiger partial charge in [-0.15, -0.1) is 0 Å². The highest BCUT2D eigenvalue weighted by molar-refractivity contribution is 6.08. The molecule has 0 atom stereocenters. The number of amides is 1. The molecule has 2 aromatic rings. The molecule has 0 unspecified atom stereocenters. The maximum Gasteiger partial charge on any atom is 0.416 e. The Hall–Kier alpha value is -3.23. The fourth-order valence-corrected chi connectivity index (χ4v) is 3.58. The number of hydrogen-bond donors (Lipinski definition) is 1. The number of rotatable bonds is 3. The van der Waals surface area contributed by atoms with Gasteiger partial charge in [-0.1, -0.05) is 6.07 Å². The summed E-state index contributed by atoms with van der Waals surface area (Å²) in [6, 6.07) is 9.95. The van der Waals surface area contributed by atoms with Crippen molar-refractivity contribution in [1.29, 1.82) is 0 Å². The normalized spacial score (nSPS) is 18.5. The number of aliphatic carboxylic acids is 1. The zero-order chi connectivity index (χ0) is 21.8. The molecule has 0 saturated carbocycles. The Morgan fingerprint density at radius 3 is 2.43 bits per heavy atom. The number of nitrogens with zero attached hydrogens (tertiary/aromatic N) is 2. The summed E-state index contributed by atoms with van der Waals surface area (Å²) in [5.74, 6) is -1.75. The molecular weight excluding hydrogens is 401 g/mol. The third kappa shape index (κ3) is 3.34. The van der Waals surface area contributed by atoms with E-state index in [4.69, 9.17) is 9.84 Å². The summed E-state index contributed by atoms with van der Waals surface area (Å²) < 4.78 is 45.0. The average molecular weight is 420 g/mol. The van der Waals surface area contributed by atoms with E-state index in [-0.39, 0.29) is 11.4 Å². The van der Waals surface area contributed by atoms with Crippen molar-refractivity contribution < 1.29 is 32.6 Å². The monoisotopic (exact) mass is 420 g/mol. The van der Waals surface area contributed by atoms with Crippen molar-refractivity contribution >= 4 is 28.9 Å². The Kier molecular flexibility index (Phi) is 4.44. The van der Waals surface area contributed by atoms with Gasteiger partial charge in [0.05, 0.1) is 22.9 Å². The maximum atomic E-state index is 13.1. The lowest BCUT2D eigenvalue weighted by molar-refractivity contribution is -0.142. The van der Waals surface area contributed by atoms with E-state index in [0.717, 1.165) is 17.8 Å². The Bertz CT molecular complexity index is 1030. The van der Waals surface area contributed by atoms with E-state index >= 15 is 0 Å². The number of carboxylic acid groups (broad SMARTS) is 1. The topological polar surface area (TPSA) is 70.1 Å². The number of halogens is 3. The van der Waals surface area contributed by atoms with Crippen LogP contribution in [0.1, 0.15) is 19.4 Å². The summed E-state index contributed by atoms with van der Waals surface area (Å²) in [7, 11) is 0. The van der Waals surface area contributed by atoms with Gasteiger partial charge in [0.1, 0.15) is 5.75 Å². The second-order valence-corrected chi connectivity index (χ2v) is 7.89. The second-order valence-electron chi connectivity index (χ2n) is 7.89. The zero-order valence-corrected chi connectivity index (χ0v) is 16.2. The van der Waals surface area contributed by atoms with E-state index in [1.54, 1.807) is 24.3 Å². The van der Waals surface area contributed by atoms with Crippen molar-refractivity contribution in [2.75, 3.05) is 22.9 Å². The summed E-state index contributed by atoms with van der Waals surface area (Å²) in [6.07, 6.45) is -4.53.